The van der Waals surface area contributed by atoms with Crippen LogP contribution in [0.15, 0.2) is 66.7 Å². The Labute approximate surface area is 144 Å². The van der Waals surface area contributed by atoms with Gasteiger partial charge < -0.3 is 4.74 Å². The van der Waals surface area contributed by atoms with Crippen LogP contribution in [0.25, 0.3) is 0 Å². The van der Waals surface area contributed by atoms with Crippen LogP contribution in [-0.2, 0) is 0 Å². The molecule has 0 atom stereocenters. The fraction of sp³-hybridized carbons (Fsp3) is 0.217. The minimum Gasteiger partial charge on any atom is -0.496 e. The molecule has 3 rings (SSSR count). The van der Waals surface area contributed by atoms with Crippen LogP contribution in [-0.4, -0.2) is 7.11 Å². The number of hydrogen-bond donors (Lipinski definition) is 0. The molecule has 0 aliphatic heterocycles. The minimum atomic E-state index is 0.169. The lowest BCUT2D eigenvalue weighted by Gasteiger charge is -2.23. The highest BCUT2D eigenvalue weighted by Gasteiger charge is 2.22. The molecule has 0 amide bonds. The molecule has 3 aromatic carbocycles. The van der Waals surface area contributed by atoms with E-state index in [2.05, 4.69) is 87.5 Å². The summed E-state index contributed by atoms with van der Waals surface area (Å²) in [6, 6.07) is 23.9. The maximum Gasteiger partial charge on any atom is 0.123 e. The predicted molar refractivity (Wildman–Crippen MR) is 101 cm³/mol. The molecule has 0 saturated carbocycles. The van der Waals surface area contributed by atoms with Gasteiger partial charge in [0.25, 0.3) is 0 Å². The summed E-state index contributed by atoms with van der Waals surface area (Å²) in [4.78, 5) is 0. The number of methoxy groups -OCH3 is 1. The molecule has 3 aromatic rings. The fourth-order valence-electron chi connectivity index (χ4n) is 3.25. The van der Waals surface area contributed by atoms with Gasteiger partial charge in [-0.3, -0.25) is 0 Å². The van der Waals surface area contributed by atoms with E-state index >= 15 is 0 Å². The van der Waals surface area contributed by atoms with E-state index in [1.165, 1.54) is 33.4 Å². The quantitative estimate of drug-likeness (QED) is 0.553. The molecule has 0 aliphatic rings. The van der Waals surface area contributed by atoms with Crippen molar-refractivity contribution in [2.75, 3.05) is 7.11 Å². The lowest BCUT2D eigenvalue weighted by Crippen LogP contribution is -2.07. The van der Waals surface area contributed by atoms with Crippen molar-refractivity contribution in [3.8, 4) is 5.75 Å². The van der Waals surface area contributed by atoms with Gasteiger partial charge in [0.05, 0.1) is 7.11 Å². The number of ether oxygens (including phenoxy) is 1. The van der Waals surface area contributed by atoms with E-state index in [0.29, 0.717) is 0 Å². The smallest absolute Gasteiger partial charge is 0.123 e. The summed E-state index contributed by atoms with van der Waals surface area (Å²) in [5.41, 5.74) is 7.62. The molecule has 0 spiro atoms. The Morgan fingerprint density at radius 2 is 1.17 bits per heavy atom. The summed E-state index contributed by atoms with van der Waals surface area (Å²) in [5.74, 6) is 1.11. The van der Waals surface area contributed by atoms with Crippen molar-refractivity contribution < 1.29 is 4.74 Å². The first-order valence-electron chi connectivity index (χ1n) is 8.37. The Morgan fingerprint density at radius 3 is 1.62 bits per heavy atom. The van der Waals surface area contributed by atoms with Crippen molar-refractivity contribution in [2.45, 2.75) is 26.7 Å². The zero-order chi connectivity index (χ0) is 17.1. The predicted octanol–water partition coefficient (Wildman–Crippen LogP) is 5.80. The van der Waals surface area contributed by atoms with Crippen LogP contribution in [0.2, 0.25) is 0 Å². The summed E-state index contributed by atoms with van der Waals surface area (Å²) in [6.07, 6.45) is 0. The molecule has 0 saturated heterocycles. The molecule has 0 N–H and O–H groups in total. The average Bonchev–Trinajstić information content (AvgIpc) is 2.59. The van der Waals surface area contributed by atoms with E-state index in [4.69, 9.17) is 4.74 Å². The van der Waals surface area contributed by atoms with E-state index in [9.17, 15) is 0 Å². The van der Waals surface area contributed by atoms with Gasteiger partial charge in [0, 0.05) is 11.5 Å². The Hall–Kier alpha value is -2.54. The van der Waals surface area contributed by atoms with Crippen molar-refractivity contribution in [3.05, 3.63) is 100 Å². The summed E-state index contributed by atoms with van der Waals surface area (Å²) in [5, 5.41) is 0. The van der Waals surface area contributed by atoms with E-state index in [1.807, 2.05) is 0 Å². The summed E-state index contributed by atoms with van der Waals surface area (Å²) in [7, 11) is 1.75. The van der Waals surface area contributed by atoms with E-state index in [-0.39, 0.29) is 5.92 Å². The molecule has 122 valence electrons. The van der Waals surface area contributed by atoms with Gasteiger partial charge in [-0.15, -0.1) is 0 Å². The highest BCUT2D eigenvalue weighted by atomic mass is 16.5. The molecule has 1 nitrogen and oxygen atoms in total. The number of aryl methyl sites for hydroxylation is 3. The third-order valence-electron chi connectivity index (χ3n) is 4.61. The van der Waals surface area contributed by atoms with Crippen LogP contribution >= 0.6 is 0 Å². The summed E-state index contributed by atoms with van der Waals surface area (Å²) >= 11 is 0. The molecule has 0 unspecified atom stereocenters. The van der Waals surface area contributed by atoms with E-state index in [1.54, 1.807) is 7.11 Å². The highest BCUT2D eigenvalue weighted by Crippen LogP contribution is 2.39. The minimum absolute atomic E-state index is 0.169. The number of benzene rings is 3. The van der Waals surface area contributed by atoms with Gasteiger partial charge >= 0.3 is 0 Å². The van der Waals surface area contributed by atoms with E-state index in [0.717, 1.165) is 5.75 Å². The monoisotopic (exact) mass is 316 g/mol. The summed E-state index contributed by atoms with van der Waals surface area (Å²) in [6.45, 7) is 6.41. The van der Waals surface area contributed by atoms with Crippen LogP contribution in [0, 0.1) is 20.8 Å². The van der Waals surface area contributed by atoms with Crippen molar-refractivity contribution >= 4 is 0 Å². The highest BCUT2D eigenvalue weighted by molar-refractivity contribution is 5.52. The summed E-state index contributed by atoms with van der Waals surface area (Å²) < 4.78 is 5.70. The fourth-order valence-corrected chi connectivity index (χ4v) is 3.25. The zero-order valence-corrected chi connectivity index (χ0v) is 14.8. The second-order valence-corrected chi connectivity index (χ2v) is 6.45. The van der Waals surface area contributed by atoms with Gasteiger partial charge in [0.1, 0.15) is 5.75 Å². The molecule has 1 heteroatoms. The molecule has 0 bridgehead atoms. The van der Waals surface area contributed by atoms with Crippen molar-refractivity contribution in [1.82, 2.24) is 0 Å². The maximum absolute atomic E-state index is 5.70. The topological polar surface area (TPSA) is 9.23 Å². The Balaban J connectivity index is 2.23. The van der Waals surface area contributed by atoms with Gasteiger partial charge in [-0.25, -0.2) is 0 Å². The van der Waals surface area contributed by atoms with Gasteiger partial charge in [-0.05, 0) is 43.5 Å². The van der Waals surface area contributed by atoms with Gasteiger partial charge in [-0.2, -0.15) is 0 Å². The molecular formula is C23H24O. The van der Waals surface area contributed by atoms with Gasteiger partial charge in [0.2, 0.25) is 0 Å². The van der Waals surface area contributed by atoms with Crippen LogP contribution in [0.5, 0.6) is 5.75 Å². The molecular weight excluding hydrogens is 292 g/mol. The molecule has 0 heterocycles. The third-order valence-corrected chi connectivity index (χ3v) is 4.61. The second-order valence-electron chi connectivity index (χ2n) is 6.45. The lowest BCUT2D eigenvalue weighted by atomic mass is 9.82. The molecule has 0 fully saturated rings. The Morgan fingerprint density at radius 1 is 0.667 bits per heavy atom. The SMILES string of the molecule is COc1cccc(C)c1C(c1ccc(C)cc1)c1ccc(C)cc1. The first kappa shape index (κ1) is 16.3. The Kier molecular flexibility index (Phi) is 4.71. The second kappa shape index (κ2) is 6.92. The standard InChI is InChI=1S/C23H24O/c1-16-8-12-19(13-9-16)23(20-14-10-17(2)11-15-20)22-18(3)6-5-7-21(22)24-4/h5-15,23H,1-4H3. The molecule has 24 heavy (non-hydrogen) atoms. The molecule has 0 radical (unpaired) electrons. The maximum atomic E-state index is 5.70. The average molecular weight is 316 g/mol. The van der Waals surface area contributed by atoms with Crippen molar-refractivity contribution in [2.24, 2.45) is 0 Å². The lowest BCUT2D eigenvalue weighted by molar-refractivity contribution is 0.408. The zero-order valence-electron chi connectivity index (χ0n) is 14.8. The van der Waals surface area contributed by atoms with Gasteiger partial charge in [0.15, 0.2) is 0 Å². The number of rotatable bonds is 4. The van der Waals surface area contributed by atoms with Crippen LogP contribution in [0.4, 0.5) is 0 Å². The van der Waals surface area contributed by atoms with Crippen LogP contribution in [0.3, 0.4) is 0 Å². The molecule has 0 aliphatic carbocycles. The first-order chi connectivity index (χ1) is 11.6. The first-order valence-corrected chi connectivity index (χ1v) is 8.37. The normalized spacial score (nSPS) is 10.9. The van der Waals surface area contributed by atoms with Gasteiger partial charge in [-0.1, -0.05) is 71.8 Å². The third kappa shape index (κ3) is 3.21. The largest absolute Gasteiger partial charge is 0.496 e. The van der Waals surface area contributed by atoms with Crippen molar-refractivity contribution in [3.63, 3.8) is 0 Å². The van der Waals surface area contributed by atoms with Crippen LogP contribution < -0.4 is 4.74 Å². The molecule has 0 aromatic heterocycles. The van der Waals surface area contributed by atoms with Crippen molar-refractivity contribution in [1.29, 1.82) is 0 Å². The van der Waals surface area contributed by atoms with Crippen LogP contribution in [0.1, 0.15) is 39.3 Å². The Bertz CT molecular complexity index is 768. The van der Waals surface area contributed by atoms with E-state index < -0.39 is 0 Å². The number of hydrogen-bond acceptors (Lipinski definition) is 1.